The van der Waals surface area contributed by atoms with Crippen LogP contribution in [0.1, 0.15) is 270 Å². The maximum Gasteiger partial charge on any atom is 2.00 e. The zero-order valence-electron chi connectivity index (χ0n) is 85.6. The minimum absolute atomic E-state index is 0. The van der Waals surface area contributed by atoms with Gasteiger partial charge in [0.2, 0.25) is 0 Å². The summed E-state index contributed by atoms with van der Waals surface area (Å²) in [4.78, 5) is 49.2. The van der Waals surface area contributed by atoms with Gasteiger partial charge in [-0.15, -0.1) is 24.8 Å². The largest absolute Gasteiger partial charge is 2.00 e. The summed E-state index contributed by atoms with van der Waals surface area (Å²) in [5.41, 5.74) is 16.7. The smallest absolute Gasteiger partial charge is 1.00 e. The maximum absolute atomic E-state index is 13.9. The number of nitriles is 3. The Hall–Kier alpha value is -10.9. The number of nitrogens with two attached hydrogens (primary N) is 1. The third-order valence-corrected chi connectivity index (χ3v) is 30.2. The van der Waals surface area contributed by atoms with E-state index in [9.17, 15) is 52.1 Å². The number of alkyl carbamates (subject to hydrolysis) is 2. The molecule has 25 nitrogen and oxygen atoms in total. The summed E-state index contributed by atoms with van der Waals surface area (Å²) in [5, 5.41) is 53.9. The summed E-state index contributed by atoms with van der Waals surface area (Å²) in [5.74, 6) is 0.235. The maximum atomic E-state index is 13.9. The van der Waals surface area contributed by atoms with E-state index >= 15 is 0 Å². The summed E-state index contributed by atoms with van der Waals surface area (Å²) in [6.45, 7) is 39.3. The first kappa shape index (κ1) is 118. The van der Waals surface area contributed by atoms with Gasteiger partial charge in [0.1, 0.15) is 30.9 Å². The Balaban J connectivity index is 0.000000333. The van der Waals surface area contributed by atoms with Crippen LogP contribution < -0.4 is 35.7 Å². The first-order valence-corrected chi connectivity index (χ1v) is 53.6. The number of halogens is 3. The van der Waals surface area contributed by atoms with Crippen molar-refractivity contribution in [3.63, 3.8) is 0 Å². The van der Waals surface area contributed by atoms with Gasteiger partial charge in [-0.25, -0.2) is 46.0 Å². The standard InChI is InChI=1S/C40H48N6O4S.C23H28FN3OS.C17H21N3O4.C17H22N2OSi.C10H16NSi.2ClH.Mg.H/c1-27-22-35(46(44-27)34-13-8-10-30(23-34)26-42-37(48)50-38(2,3)4)36(47)43-33-12-9-11-32(24-33)40(21-20-28-14-15-28,45-51(49)39(5,6)7)31-18-16-29(25-41)17-19-31;1-22(2,3)29(28)27-23(13-12-16-4-5-16,18-8-6-17(15-25)7-9-18)19-10-11-20(24)21(26)14-19;1-11-8-14(15(21)22)20(19-11)13-7-5-6-12(9-13)10-18-16(23)24-17(2,3)4;1-17(2,3)21(20)19-16(11-8-13-4-5-13)15-9-6-14(12-18)7-10-15;1-11(12(2,3)4)10-8-6-5-7-9-10;;;;/h8-13,16-19,22-24,28,45H,14-15,20-21,26H2,1-7H3,(H,42,48)(H,43,47);6-11,14,16,27H,4-5,12-13,26H2,1-3H3;5-9H,10H2,1-4H3,(H,18,23)(H,21,22);6-7,9-10,13H,4-5,8,11H2,1-3H3;5-6,8-9H,1-4H3;2*1H;;/q;;;;-1;;;+2;-1/t40?,51-;23?,29-;;;;;;;/m11......./s1. The Kier molecular flexibility index (Phi) is 43.5. The molecule has 0 bridgehead atoms. The molecule has 0 spiro atoms. The summed E-state index contributed by atoms with van der Waals surface area (Å²) < 4.78 is 79.7. The van der Waals surface area contributed by atoms with Crippen molar-refractivity contribution < 1.29 is 52.5 Å². The van der Waals surface area contributed by atoms with Crippen LogP contribution in [0.15, 0.2) is 205 Å². The molecule has 3 amide bonds. The number of carboxylic acids is 1. The van der Waals surface area contributed by atoms with Crippen LogP contribution in [0.4, 0.5) is 31.0 Å². The normalized spacial score (nSPS) is 14.3. The molecule has 33 heteroatoms. The van der Waals surface area contributed by atoms with Gasteiger partial charge in [0.25, 0.3) is 5.91 Å². The molecular weight excluding hydrogens is 1890 g/mol. The Labute approximate surface area is 864 Å². The topological polar surface area (TPSA) is 367 Å². The van der Waals surface area contributed by atoms with Crippen molar-refractivity contribution in [1.29, 1.82) is 15.8 Å². The molecule has 2 heterocycles. The number of hydrogen-bond donors (Lipinski definition) is 7. The Morgan fingerprint density at radius 3 is 1.39 bits per heavy atom. The number of hydrogen-bond acceptors (Lipinski definition) is 16. The quantitative estimate of drug-likeness (QED) is 0.00951. The van der Waals surface area contributed by atoms with E-state index in [1.54, 1.807) is 105 Å². The molecule has 0 saturated heterocycles. The number of carbonyl (C=O) groups excluding carboxylic acids is 3. The van der Waals surface area contributed by atoms with Gasteiger partial charge in [0.15, 0.2) is 5.69 Å². The van der Waals surface area contributed by atoms with Crippen molar-refractivity contribution in [2.75, 3.05) is 22.7 Å². The molecule has 2 aromatic heterocycles. The van der Waals surface area contributed by atoms with Crippen LogP contribution in [0.3, 0.4) is 0 Å². The van der Waals surface area contributed by atoms with Crippen molar-refractivity contribution >= 4 is 134 Å². The van der Waals surface area contributed by atoms with Crippen molar-refractivity contribution in [2.45, 2.75) is 264 Å². The Morgan fingerprint density at radius 1 is 0.579 bits per heavy atom. The number of nitrogens with zero attached hydrogens (tertiary/aromatic N) is 9. The second kappa shape index (κ2) is 51.7. The molecule has 3 aliphatic carbocycles. The first-order valence-electron chi connectivity index (χ1n) is 46.5. The second-order valence-corrected chi connectivity index (χ2v) is 52.5. The first-order chi connectivity index (χ1) is 64.3. The fourth-order valence-corrected chi connectivity index (χ4v) is 18.0. The average molecular weight is 2030 g/mol. The molecule has 2 unspecified atom stereocenters. The molecule has 10 aromatic rings. The minimum atomic E-state index is -2.02. The van der Waals surface area contributed by atoms with E-state index in [4.69, 9.17) is 20.5 Å². The summed E-state index contributed by atoms with van der Waals surface area (Å²) in [6, 6.07) is 70.1. The summed E-state index contributed by atoms with van der Waals surface area (Å²) in [7, 11) is -3.85. The summed E-state index contributed by atoms with van der Waals surface area (Å²) in [6.07, 6.45) is 11.7. The van der Waals surface area contributed by atoms with Gasteiger partial charge in [-0.1, -0.05) is 163 Å². The third-order valence-electron chi connectivity index (χ3n) is 22.9. The summed E-state index contributed by atoms with van der Waals surface area (Å²) >= 11 is 0. The Morgan fingerprint density at radius 2 is 0.993 bits per heavy atom. The van der Waals surface area contributed by atoms with Gasteiger partial charge in [0, 0.05) is 29.5 Å². The number of aromatic carboxylic acids is 1. The number of carboxylic acid groups (broad SMARTS) is 1. The number of nitrogen functional groups attached to an aromatic ring is 1. The number of nitrogens with one attached hydrogen (secondary N) is 5. The third kappa shape index (κ3) is 36.3. The van der Waals surface area contributed by atoms with E-state index in [0.29, 0.717) is 75.5 Å². The molecule has 3 fully saturated rings. The molecule has 0 radical (unpaired) electrons. The molecule has 140 heavy (non-hydrogen) atoms. The number of benzene rings is 8. The number of ether oxygens (including phenoxy) is 2. The second-order valence-electron chi connectivity index (χ2n) is 41.2. The molecule has 3 saturated carbocycles. The number of carbonyl (C=O) groups is 4. The average Bonchev–Trinajstić information content (AvgIpc) is 1.23. The van der Waals surface area contributed by atoms with E-state index in [-0.39, 0.29) is 84.7 Å². The van der Waals surface area contributed by atoms with Crippen molar-refractivity contribution in [3.05, 3.63) is 290 Å². The fraction of sp³-hybridized carbons (Fsp3) is 0.421. The van der Waals surface area contributed by atoms with Gasteiger partial charge >= 0.3 is 50.1 Å². The number of anilines is 3. The monoisotopic (exact) mass is 2030 g/mol. The molecule has 8 N–H and O–H groups in total. The van der Waals surface area contributed by atoms with Gasteiger partial charge in [0.05, 0.1) is 106 Å². The number of aromatic nitrogens is 4. The number of rotatable bonds is 30. The SMILES string of the molecule is CC(C)(C)[S@@](=O)NC(CCC1CC1)(c1ccc(C#N)cc1)c1ccc(F)c(N)c1.CC(C)(C)[Si](=O)N=C(CCC1CC1)c1ccc(C#N)cc1.CN(c1c[c-]ccc1)[Si](C)(C)C.Cc1cc(C(=O)Nc2cccc(C(CCC3CC3)(N[S@](=O)C(C)(C)C)c3ccc(C#N)cc3)c2)n(-c2cccc(CNC(=O)OC(C)(C)C)c2)n1.Cc1cc(C(=O)O)n(-c2cccc(CNC(=O)OC(C)(C)C)c2)n1.Cl.Cl.[H-].[Mg+2]. The molecule has 4 atom stereocenters. The van der Waals surface area contributed by atoms with Gasteiger partial charge in [-0.05, 0) is 296 Å². The van der Waals surface area contributed by atoms with Crippen LogP contribution in [0.2, 0.25) is 24.7 Å². The Bertz CT molecular complexity index is 6090. The van der Waals surface area contributed by atoms with Gasteiger partial charge in [-0.2, -0.15) is 56.3 Å². The van der Waals surface area contributed by atoms with E-state index in [1.165, 1.54) is 61.0 Å². The van der Waals surface area contributed by atoms with E-state index in [1.807, 2.05) is 199 Å². The molecule has 13 rings (SSSR count). The number of amides is 3. The zero-order chi connectivity index (χ0) is 101. The molecule has 3 aliphatic rings. The van der Waals surface area contributed by atoms with Crippen LogP contribution in [-0.4, -0.2) is 131 Å². The zero-order valence-corrected chi connectivity index (χ0v) is 91.3. The van der Waals surface area contributed by atoms with Crippen LogP contribution in [-0.2, 0) is 60.1 Å². The predicted octanol–water partition coefficient (Wildman–Crippen LogP) is 23.1. The van der Waals surface area contributed by atoms with Crippen molar-refractivity contribution in [1.82, 2.24) is 39.6 Å². The van der Waals surface area contributed by atoms with Crippen LogP contribution in [0.5, 0.6) is 0 Å². The van der Waals surface area contributed by atoms with Crippen LogP contribution in [0, 0.1) is 77.5 Å². The molecule has 8 aromatic carbocycles. The van der Waals surface area contributed by atoms with Crippen LogP contribution in [0.25, 0.3) is 11.4 Å². The fourth-order valence-electron chi connectivity index (χ4n) is 14.3. The molecule has 744 valence electrons. The van der Waals surface area contributed by atoms with Crippen molar-refractivity contribution in [3.8, 4) is 29.6 Å². The van der Waals surface area contributed by atoms with E-state index in [0.717, 1.165) is 76.3 Å². The molecular formula is C107H138Cl2FMgN15O10S2Si2. The molecule has 0 aliphatic heterocycles. The minimum Gasteiger partial charge on any atom is -1.00 e. The van der Waals surface area contributed by atoms with E-state index < -0.39 is 94.8 Å². The van der Waals surface area contributed by atoms with Gasteiger partial charge < -0.3 is 46.7 Å². The van der Waals surface area contributed by atoms with E-state index in [2.05, 4.69) is 102 Å². The predicted molar refractivity (Wildman–Crippen MR) is 569 cm³/mol. The van der Waals surface area contributed by atoms with Crippen LogP contribution >= 0.6 is 24.8 Å². The number of aryl methyl sites for hydroxylation is 2. The van der Waals surface area contributed by atoms with Crippen molar-refractivity contribution in [2.24, 2.45) is 22.4 Å². The van der Waals surface area contributed by atoms with Gasteiger partial charge in [-0.3, -0.25) is 9.45 Å².